The maximum atomic E-state index is 12.4. The van der Waals surface area contributed by atoms with Gasteiger partial charge in [-0.1, -0.05) is 0 Å². The molecule has 3 aromatic rings. The average molecular weight is 522 g/mol. The Bertz CT molecular complexity index is 1310. The number of rotatable bonds is 10. The van der Waals surface area contributed by atoms with Gasteiger partial charge in [0.15, 0.2) is 0 Å². The van der Waals surface area contributed by atoms with Gasteiger partial charge in [-0.2, -0.15) is 5.10 Å². The molecule has 1 aromatic carbocycles. The fourth-order valence-corrected chi connectivity index (χ4v) is 5.09. The Hall–Kier alpha value is -3.66. The number of nitrogens with two attached hydrogens (primary N) is 1. The van der Waals surface area contributed by atoms with Crippen LogP contribution in [0.2, 0.25) is 0 Å². The van der Waals surface area contributed by atoms with Crippen LogP contribution in [0.5, 0.6) is 11.6 Å². The molecule has 2 aromatic heterocycles. The van der Waals surface area contributed by atoms with Crippen LogP contribution in [0, 0.1) is 5.92 Å². The Morgan fingerprint density at radius 3 is 2.74 bits per heavy atom. The van der Waals surface area contributed by atoms with Crippen molar-refractivity contribution in [2.45, 2.75) is 64.6 Å². The second kappa shape index (κ2) is 11.4. The maximum Gasteiger partial charge on any atom is 0.252 e. The van der Waals surface area contributed by atoms with Gasteiger partial charge in [-0.05, 0) is 63.0 Å². The predicted molar refractivity (Wildman–Crippen MR) is 142 cm³/mol. The summed E-state index contributed by atoms with van der Waals surface area (Å²) in [6.45, 7) is 6.56. The molecule has 0 unspecified atom stereocenters. The van der Waals surface area contributed by atoms with Crippen molar-refractivity contribution >= 4 is 22.6 Å². The molecule has 0 bridgehead atoms. The third kappa shape index (κ3) is 5.91. The molecule has 0 spiro atoms. The first-order valence-electron chi connectivity index (χ1n) is 13.3. The summed E-state index contributed by atoms with van der Waals surface area (Å²) in [5.74, 6) is 0.886. The lowest BCUT2D eigenvalue weighted by Gasteiger charge is -2.21. The SMILES string of the molecule is CC(C)Oc1cc2c(OC[C@@H]3CCC(=O)N3)ncc(-c3cnn(CCC4CCOCC4)c3)c2cc1C(N)=O. The summed E-state index contributed by atoms with van der Waals surface area (Å²) in [6, 6.07) is 3.45. The minimum atomic E-state index is -0.575. The highest BCUT2D eigenvalue weighted by Gasteiger charge is 2.23. The van der Waals surface area contributed by atoms with E-state index in [1.807, 2.05) is 30.9 Å². The summed E-state index contributed by atoms with van der Waals surface area (Å²) in [4.78, 5) is 28.6. The van der Waals surface area contributed by atoms with E-state index in [9.17, 15) is 9.59 Å². The van der Waals surface area contributed by atoms with Crippen molar-refractivity contribution in [3.63, 3.8) is 0 Å². The zero-order chi connectivity index (χ0) is 26.6. The molecule has 202 valence electrons. The lowest BCUT2D eigenvalue weighted by molar-refractivity contribution is -0.119. The highest BCUT2D eigenvalue weighted by molar-refractivity contribution is 6.06. The van der Waals surface area contributed by atoms with E-state index < -0.39 is 5.91 Å². The Morgan fingerprint density at radius 2 is 2.03 bits per heavy atom. The normalized spacial score (nSPS) is 18.2. The number of primary amides is 1. The highest BCUT2D eigenvalue weighted by atomic mass is 16.5. The largest absolute Gasteiger partial charge is 0.490 e. The third-order valence-corrected chi connectivity index (χ3v) is 7.14. The molecule has 38 heavy (non-hydrogen) atoms. The minimum absolute atomic E-state index is 0.0271. The maximum absolute atomic E-state index is 12.4. The number of carbonyl (C=O) groups excluding carboxylic acids is 2. The number of aryl methyl sites for hydroxylation is 1. The van der Waals surface area contributed by atoms with E-state index in [4.69, 9.17) is 19.9 Å². The second-order valence-electron chi connectivity index (χ2n) is 10.4. The van der Waals surface area contributed by atoms with Crippen LogP contribution in [-0.2, 0) is 16.1 Å². The Kier molecular flexibility index (Phi) is 7.78. The fourth-order valence-electron chi connectivity index (χ4n) is 5.09. The molecule has 10 heteroatoms. The number of aromatic nitrogens is 3. The third-order valence-electron chi connectivity index (χ3n) is 7.14. The van der Waals surface area contributed by atoms with E-state index in [2.05, 4.69) is 15.4 Å². The van der Waals surface area contributed by atoms with Gasteiger partial charge in [-0.3, -0.25) is 14.3 Å². The molecular formula is C28H35N5O5. The van der Waals surface area contributed by atoms with Crippen molar-refractivity contribution in [3.8, 4) is 22.8 Å². The lowest BCUT2D eigenvalue weighted by atomic mass is 9.97. The van der Waals surface area contributed by atoms with Gasteiger partial charge in [0.2, 0.25) is 11.8 Å². The van der Waals surface area contributed by atoms with Gasteiger partial charge in [-0.25, -0.2) is 4.98 Å². The molecular weight excluding hydrogens is 486 g/mol. The first-order chi connectivity index (χ1) is 18.4. The monoisotopic (exact) mass is 521 g/mol. The first-order valence-corrected chi connectivity index (χ1v) is 13.3. The molecule has 2 fully saturated rings. The average Bonchev–Trinajstić information content (AvgIpc) is 3.54. The van der Waals surface area contributed by atoms with Crippen LogP contribution in [-0.4, -0.2) is 58.5 Å². The van der Waals surface area contributed by atoms with Crippen LogP contribution < -0.4 is 20.5 Å². The van der Waals surface area contributed by atoms with E-state index >= 15 is 0 Å². The number of nitrogens with zero attached hydrogens (tertiary/aromatic N) is 3. The molecule has 5 rings (SSSR count). The van der Waals surface area contributed by atoms with Gasteiger partial charge in [0.25, 0.3) is 5.91 Å². The van der Waals surface area contributed by atoms with Crippen molar-refractivity contribution in [3.05, 3.63) is 36.3 Å². The molecule has 0 radical (unpaired) electrons. The molecule has 10 nitrogen and oxygen atoms in total. The Labute approximate surface area is 221 Å². The molecule has 2 aliphatic rings. The highest BCUT2D eigenvalue weighted by Crippen LogP contribution is 2.37. The summed E-state index contributed by atoms with van der Waals surface area (Å²) < 4.78 is 19.4. The van der Waals surface area contributed by atoms with Gasteiger partial charge in [0.1, 0.15) is 12.4 Å². The fraction of sp³-hybridized carbons (Fsp3) is 0.500. The lowest BCUT2D eigenvalue weighted by Crippen LogP contribution is -2.31. The summed E-state index contributed by atoms with van der Waals surface area (Å²) in [5.41, 5.74) is 7.74. The van der Waals surface area contributed by atoms with Crippen LogP contribution in [0.4, 0.5) is 0 Å². The van der Waals surface area contributed by atoms with Crippen molar-refractivity contribution in [1.82, 2.24) is 20.1 Å². The van der Waals surface area contributed by atoms with Crippen molar-refractivity contribution in [2.75, 3.05) is 19.8 Å². The zero-order valence-electron chi connectivity index (χ0n) is 21.9. The van der Waals surface area contributed by atoms with E-state index in [1.54, 1.807) is 18.3 Å². The van der Waals surface area contributed by atoms with Crippen LogP contribution in [0.25, 0.3) is 21.9 Å². The number of ether oxygens (including phenoxy) is 3. The number of pyridine rings is 1. The smallest absolute Gasteiger partial charge is 0.252 e. The van der Waals surface area contributed by atoms with Crippen LogP contribution in [0.15, 0.2) is 30.7 Å². The molecule has 2 aliphatic heterocycles. The Balaban J connectivity index is 1.48. The van der Waals surface area contributed by atoms with Crippen molar-refractivity contribution < 1.29 is 23.8 Å². The standard InChI is InChI=1S/C28H35N5O5/c1-17(2)38-25-12-22-21(11-23(25)27(29)35)24(14-30-28(22)37-16-20-3-4-26(34)32-20)19-13-31-33(15-19)8-5-18-6-9-36-10-7-18/h11-15,17-18,20H,3-10,16H2,1-2H3,(H2,29,35)(H,32,34)/t20-/m0/s1. The summed E-state index contributed by atoms with van der Waals surface area (Å²) in [6.07, 6.45) is 9.84. The number of amides is 2. The van der Waals surface area contributed by atoms with Gasteiger partial charge in [-0.15, -0.1) is 0 Å². The van der Waals surface area contributed by atoms with Gasteiger partial charge in [0, 0.05) is 55.1 Å². The molecule has 4 heterocycles. The van der Waals surface area contributed by atoms with Gasteiger partial charge < -0.3 is 25.3 Å². The molecule has 2 saturated heterocycles. The Morgan fingerprint density at radius 1 is 1.21 bits per heavy atom. The van der Waals surface area contributed by atoms with Crippen molar-refractivity contribution in [2.24, 2.45) is 11.7 Å². The molecule has 0 saturated carbocycles. The van der Waals surface area contributed by atoms with Gasteiger partial charge in [0.05, 0.1) is 23.9 Å². The number of benzene rings is 1. The van der Waals surface area contributed by atoms with E-state index in [1.165, 1.54) is 0 Å². The second-order valence-corrected chi connectivity index (χ2v) is 10.4. The van der Waals surface area contributed by atoms with Crippen LogP contribution in [0.3, 0.4) is 0 Å². The first kappa shape index (κ1) is 26.0. The summed E-state index contributed by atoms with van der Waals surface area (Å²) in [7, 11) is 0. The number of carbonyl (C=O) groups is 2. The number of hydrogen-bond acceptors (Lipinski definition) is 7. The van der Waals surface area contributed by atoms with Crippen LogP contribution in [0.1, 0.15) is 56.3 Å². The van der Waals surface area contributed by atoms with Crippen LogP contribution >= 0.6 is 0 Å². The molecule has 0 aliphatic carbocycles. The van der Waals surface area contributed by atoms with E-state index in [0.29, 0.717) is 41.5 Å². The summed E-state index contributed by atoms with van der Waals surface area (Å²) >= 11 is 0. The van der Waals surface area contributed by atoms with Gasteiger partial charge >= 0.3 is 0 Å². The topological polar surface area (TPSA) is 131 Å². The summed E-state index contributed by atoms with van der Waals surface area (Å²) in [5, 5.41) is 8.96. The number of fused-ring (bicyclic) bond motifs is 1. The van der Waals surface area contributed by atoms with E-state index in [-0.39, 0.29) is 18.1 Å². The predicted octanol–water partition coefficient (Wildman–Crippen LogP) is 3.46. The molecule has 3 N–H and O–H groups in total. The molecule has 1 atom stereocenters. The number of hydrogen-bond donors (Lipinski definition) is 2. The zero-order valence-corrected chi connectivity index (χ0v) is 21.9. The quantitative estimate of drug-likeness (QED) is 0.418. The van der Waals surface area contributed by atoms with E-state index in [0.717, 1.165) is 62.0 Å². The molecule has 2 amide bonds. The minimum Gasteiger partial charge on any atom is -0.490 e. The number of nitrogens with one attached hydrogen (secondary N) is 1. The van der Waals surface area contributed by atoms with Crippen molar-refractivity contribution in [1.29, 1.82) is 0 Å².